The number of imidazole rings is 1. The van der Waals surface area contributed by atoms with E-state index in [0.717, 1.165) is 16.9 Å². The van der Waals surface area contributed by atoms with Crippen LogP contribution in [0, 0.1) is 6.92 Å². The number of pyridine rings is 1. The van der Waals surface area contributed by atoms with E-state index in [-0.39, 0.29) is 13.2 Å². The van der Waals surface area contributed by atoms with E-state index >= 15 is 0 Å². The van der Waals surface area contributed by atoms with Crippen LogP contribution in [-0.4, -0.2) is 50.8 Å². The number of hydrogen-bond donors (Lipinski definition) is 2. The lowest BCUT2D eigenvalue weighted by Gasteiger charge is -2.18. The number of aliphatic hydroxyl groups excluding tert-OH is 2. The quantitative estimate of drug-likeness (QED) is 0.779. The summed E-state index contributed by atoms with van der Waals surface area (Å²) < 4.78 is 2.00. The van der Waals surface area contributed by atoms with Crippen LogP contribution >= 0.6 is 0 Å². The van der Waals surface area contributed by atoms with Gasteiger partial charge in [0, 0.05) is 32.0 Å². The average molecular weight is 249 g/mol. The number of aliphatic hydroxyl groups is 2. The van der Waals surface area contributed by atoms with Crippen LogP contribution in [0.2, 0.25) is 0 Å². The van der Waals surface area contributed by atoms with Crippen LogP contribution < -0.4 is 0 Å². The molecule has 0 bridgehead atoms. The molecule has 98 valence electrons. The summed E-state index contributed by atoms with van der Waals surface area (Å²) in [4.78, 5) is 6.56. The summed E-state index contributed by atoms with van der Waals surface area (Å²) in [6.45, 7) is 3.95. The highest BCUT2D eigenvalue weighted by atomic mass is 16.3. The Morgan fingerprint density at radius 2 is 2.00 bits per heavy atom. The number of fused-ring (bicyclic) bond motifs is 1. The predicted octanol–water partition coefficient (Wildman–Crippen LogP) is 0.429. The summed E-state index contributed by atoms with van der Waals surface area (Å²) in [5, 5.41) is 18.0. The SMILES string of the molecule is Cc1cccn2cc(CN(CCO)CCO)nc12. The number of hydrogen-bond acceptors (Lipinski definition) is 4. The van der Waals surface area contributed by atoms with Crippen LogP contribution in [-0.2, 0) is 6.54 Å². The zero-order valence-corrected chi connectivity index (χ0v) is 10.6. The molecule has 5 nitrogen and oxygen atoms in total. The van der Waals surface area contributed by atoms with Crippen molar-refractivity contribution in [3.05, 3.63) is 35.8 Å². The smallest absolute Gasteiger partial charge is 0.139 e. The molecule has 2 rings (SSSR count). The van der Waals surface area contributed by atoms with Gasteiger partial charge < -0.3 is 14.6 Å². The summed E-state index contributed by atoms with van der Waals surface area (Å²) in [6.07, 6.45) is 3.96. The Morgan fingerprint density at radius 1 is 1.28 bits per heavy atom. The molecule has 0 spiro atoms. The van der Waals surface area contributed by atoms with Gasteiger partial charge in [0.2, 0.25) is 0 Å². The van der Waals surface area contributed by atoms with E-state index in [9.17, 15) is 0 Å². The van der Waals surface area contributed by atoms with Crippen molar-refractivity contribution < 1.29 is 10.2 Å². The Labute approximate surface area is 106 Å². The first kappa shape index (κ1) is 13.0. The third kappa shape index (κ3) is 2.87. The van der Waals surface area contributed by atoms with Gasteiger partial charge >= 0.3 is 0 Å². The molecule has 0 fully saturated rings. The van der Waals surface area contributed by atoms with Gasteiger partial charge in [-0.1, -0.05) is 6.07 Å². The molecule has 2 N–H and O–H groups in total. The second-order valence-corrected chi connectivity index (χ2v) is 4.38. The second-order valence-electron chi connectivity index (χ2n) is 4.38. The lowest BCUT2D eigenvalue weighted by atomic mass is 10.3. The van der Waals surface area contributed by atoms with Crippen molar-refractivity contribution >= 4 is 5.65 Å². The zero-order chi connectivity index (χ0) is 13.0. The van der Waals surface area contributed by atoms with Crippen LogP contribution in [0.4, 0.5) is 0 Å². The molecule has 18 heavy (non-hydrogen) atoms. The van der Waals surface area contributed by atoms with Crippen molar-refractivity contribution in [1.82, 2.24) is 14.3 Å². The molecule has 0 atom stereocenters. The second kappa shape index (κ2) is 5.95. The first-order chi connectivity index (χ1) is 8.74. The first-order valence-corrected chi connectivity index (χ1v) is 6.12. The Morgan fingerprint density at radius 3 is 2.61 bits per heavy atom. The van der Waals surface area contributed by atoms with Crippen molar-refractivity contribution in [2.45, 2.75) is 13.5 Å². The topological polar surface area (TPSA) is 61.0 Å². The number of aromatic nitrogens is 2. The Balaban J connectivity index is 2.17. The molecule has 2 aromatic heterocycles. The van der Waals surface area contributed by atoms with Gasteiger partial charge in [-0.05, 0) is 18.6 Å². The number of rotatable bonds is 6. The molecule has 0 saturated carbocycles. The largest absolute Gasteiger partial charge is 0.395 e. The van der Waals surface area contributed by atoms with Crippen molar-refractivity contribution in [1.29, 1.82) is 0 Å². The third-order valence-corrected chi connectivity index (χ3v) is 2.95. The molecule has 2 heterocycles. The molecule has 0 aliphatic heterocycles. The fraction of sp³-hybridized carbons (Fsp3) is 0.462. The van der Waals surface area contributed by atoms with Gasteiger partial charge in [-0.3, -0.25) is 4.90 Å². The maximum atomic E-state index is 8.98. The molecule has 0 aliphatic rings. The lowest BCUT2D eigenvalue weighted by Crippen LogP contribution is -2.29. The van der Waals surface area contributed by atoms with Gasteiger partial charge in [0.25, 0.3) is 0 Å². The molecule has 0 unspecified atom stereocenters. The molecule has 5 heteroatoms. The summed E-state index contributed by atoms with van der Waals surface area (Å²) in [6, 6.07) is 4.03. The molecule has 0 aromatic carbocycles. The van der Waals surface area contributed by atoms with Crippen LogP contribution in [0.15, 0.2) is 24.5 Å². The van der Waals surface area contributed by atoms with Crippen LogP contribution in [0.25, 0.3) is 5.65 Å². The fourth-order valence-electron chi connectivity index (χ4n) is 2.06. The summed E-state index contributed by atoms with van der Waals surface area (Å²) in [5.74, 6) is 0. The number of aryl methyl sites for hydroxylation is 1. The molecular formula is C13H19N3O2. The monoisotopic (exact) mass is 249 g/mol. The third-order valence-electron chi connectivity index (χ3n) is 2.95. The lowest BCUT2D eigenvalue weighted by molar-refractivity contribution is 0.155. The minimum absolute atomic E-state index is 0.0897. The van der Waals surface area contributed by atoms with Crippen molar-refractivity contribution in [2.24, 2.45) is 0 Å². The molecule has 0 aliphatic carbocycles. The van der Waals surface area contributed by atoms with Crippen LogP contribution in [0.5, 0.6) is 0 Å². The molecule has 2 aromatic rings. The van der Waals surface area contributed by atoms with E-state index in [2.05, 4.69) is 4.98 Å². The maximum absolute atomic E-state index is 8.98. The summed E-state index contributed by atoms with van der Waals surface area (Å²) >= 11 is 0. The first-order valence-electron chi connectivity index (χ1n) is 6.12. The van der Waals surface area contributed by atoms with Crippen LogP contribution in [0.3, 0.4) is 0 Å². The van der Waals surface area contributed by atoms with Gasteiger partial charge in [0.1, 0.15) is 5.65 Å². The number of nitrogens with zero attached hydrogens (tertiary/aromatic N) is 3. The summed E-state index contributed by atoms with van der Waals surface area (Å²) in [5.41, 5.74) is 3.05. The Bertz CT molecular complexity index is 504. The van der Waals surface area contributed by atoms with Crippen molar-refractivity contribution in [3.63, 3.8) is 0 Å². The normalized spacial score (nSPS) is 11.6. The average Bonchev–Trinajstić information content (AvgIpc) is 2.74. The highest BCUT2D eigenvalue weighted by Gasteiger charge is 2.09. The van der Waals surface area contributed by atoms with Gasteiger partial charge in [-0.15, -0.1) is 0 Å². The predicted molar refractivity (Wildman–Crippen MR) is 69.4 cm³/mol. The van der Waals surface area contributed by atoms with Gasteiger partial charge in [-0.2, -0.15) is 0 Å². The van der Waals surface area contributed by atoms with Gasteiger partial charge in [0.15, 0.2) is 0 Å². The van der Waals surface area contributed by atoms with Gasteiger partial charge in [-0.25, -0.2) is 4.98 Å². The van der Waals surface area contributed by atoms with Crippen molar-refractivity contribution in [2.75, 3.05) is 26.3 Å². The standard InChI is InChI=1S/C13H19N3O2/c1-11-3-2-4-16-10-12(14-13(11)16)9-15(5-7-17)6-8-18/h2-4,10,17-18H,5-9H2,1H3. The summed E-state index contributed by atoms with van der Waals surface area (Å²) in [7, 11) is 0. The Kier molecular flexibility index (Phi) is 4.30. The van der Waals surface area contributed by atoms with E-state index in [0.29, 0.717) is 19.6 Å². The fourth-order valence-corrected chi connectivity index (χ4v) is 2.06. The molecule has 0 amide bonds. The van der Waals surface area contributed by atoms with Crippen LogP contribution in [0.1, 0.15) is 11.3 Å². The van der Waals surface area contributed by atoms with E-state index in [1.165, 1.54) is 0 Å². The minimum Gasteiger partial charge on any atom is -0.395 e. The van der Waals surface area contributed by atoms with Gasteiger partial charge in [0.05, 0.1) is 18.9 Å². The highest BCUT2D eigenvalue weighted by molar-refractivity contribution is 5.47. The van der Waals surface area contributed by atoms with E-state index in [4.69, 9.17) is 10.2 Å². The zero-order valence-electron chi connectivity index (χ0n) is 10.6. The minimum atomic E-state index is 0.0897. The maximum Gasteiger partial charge on any atom is 0.139 e. The van der Waals surface area contributed by atoms with E-state index in [1.807, 2.05) is 40.8 Å². The Hall–Kier alpha value is -1.43. The van der Waals surface area contributed by atoms with Crippen molar-refractivity contribution in [3.8, 4) is 0 Å². The molecule has 0 saturated heterocycles. The highest BCUT2D eigenvalue weighted by Crippen LogP contribution is 2.11. The molecular weight excluding hydrogens is 230 g/mol. The van der Waals surface area contributed by atoms with E-state index in [1.54, 1.807) is 0 Å². The van der Waals surface area contributed by atoms with E-state index < -0.39 is 0 Å². The molecule has 0 radical (unpaired) electrons.